The number of amides is 2. The Morgan fingerprint density at radius 2 is 1.53 bits per heavy atom. The molecular weight excluding hydrogens is 507 g/mol. The van der Waals surface area contributed by atoms with E-state index in [1.807, 2.05) is 0 Å². The second-order valence-corrected chi connectivity index (χ2v) is 8.69. The first kappa shape index (κ1) is 27.4. The van der Waals surface area contributed by atoms with Gasteiger partial charge in [-0.3, -0.25) is 24.0 Å². The lowest BCUT2D eigenvalue weighted by molar-refractivity contribution is -0.274. The van der Waals surface area contributed by atoms with Gasteiger partial charge in [-0.05, 0) is 41.8 Å². The molecule has 34 heavy (non-hydrogen) atoms. The van der Waals surface area contributed by atoms with E-state index in [0.717, 1.165) is 29.5 Å². The van der Waals surface area contributed by atoms with Gasteiger partial charge in [-0.1, -0.05) is 36.0 Å². The highest BCUT2D eigenvalue weighted by molar-refractivity contribution is 8.15. The molecule has 2 aromatic carbocycles. The van der Waals surface area contributed by atoms with Crippen molar-refractivity contribution in [1.29, 1.82) is 0 Å². The number of ether oxygens (including phenoxy) is 2. The van der Waals surface area contributed by atoms with Crippen LogP contribution in [-0.4, -0.2) is 52.0 Å². The van der Waals surface area contributed by atoms with Crippen LogP contribution in [0, 0.1) is 0 Å². The molecule has 10 nitrogen and oxygen atoms in total. The molecule has 0 spiro atoms. The van der Waals surface area contributed by atoms with Crippen LogP contribution in [-0.2, 0) is 21.6 Å². The van der Waals surface area contributed by atoms with E-state index >= 15 is 0 Å². The lowest BCUT2D eigenvalue weighted by Crippen LogP contribution is -2.25. The van der Waals surface area contributed by atoms with Gasteiger partial charge in [-0.25, -0.2) is 0 Å². The molecule has 0 aliphatic carbocycles. The Balaban J connectivity index is 0.000000739. The zero-order valence-corrected chi connectivity index (χ0v) is 18.6. The zero-order valence-electron chi connectivity index (χ0n) is 16.9. The average molecular weight is 525 g/mol. The molecule has 186 valence electrons. The van der Waals surface area contributed by atoms with Gasteiger partial charge in [0.2, 0.25) is 5.91 Å². The van der Waals surface area contributed by atoms with Crippen molar-refractivity contribution in [3.63, 3.8) is 0 Å². The van der Waals surface area contributed by atoms with Crippen molar-refractivity contribution in [3.8, 4) is 11.5 Å². The van der Waals surface area contributed by atoms with Crippen molar-refractivity contribution in [2.24, 2.45) is 0 Å². The third-order valence-corrected chi connectivity index (χ3v) is 5.00. The Kier molecular flexibility index (Phi) is 9.29. The maximum atomic E-state index is 12.2. The molecule has 0 bridgehead atoms. The van der Waals surface area contributed by atoms with E-state index in [-0.39, 0.29) is 23.5 Å². The summed E-state index contributed by atoms with van der Waals surface area (Å²) in [5, 5.41) is 11.6. The van der Waals surface area contributed by atoms with Crippen molar-refractivity contribution < 1.29 is 54.9 Å². The van der Waals surface area contributed by atoms with Crippen LogP contribution in [0.4, 0.5) is 18.0 Å². The number of halogens is 3. The predicted molar refractivity (Wildman–Crippen MR) is 113 cm³/mol. The van der Waals surface area contributed by atoms with Crippen LogP contribution in [0.1, 0.15) is 17.2 Å². The molecule has 1 saturated heterocycles. The molecule has 0 aromatic heterocycles. The van der Waals surface area contributed by atoms with Gasteiger partial charge in [0, 0.05) is 0 Å². The number of imide groups is 1. The van der Waals surface area contributed by atoms with E-state index in [2.05, 4.69) is 10.1 Å². The van der Waals surface area contributed by atoms with Gasteiger partial charge < -0.3 is 14.6 Å². The number of nitrogens with one attached hydrogen (secondary N) is 1. The highest BCUT2D eigenvalue weighted by Gasteiger charge is 2.32. The molecule has 1 heterocycles. The lowest BCUT2D eigenvalue weighted by Gasteiger charge is -2.14. The Morgan fingerprint density at radius 3 is 2.00 bits per heavy atom. The predicted octanol–water partition coefficient (Wildman–Crippen LogP) is 2.94. The quantitative estimate of drug-likeness (QED) is 0.396. The highest BCUT2D eigenvalue weighted by atomic mass is 32.3. The number of aliphatic hydroxyl groups is 1. The average Bonchev–Trinajstić information content (AvgIpc) is 3.02. The zero-order chi connectivity index (χ0) is 25.5. The standard InChI is InChI=1S/C19H16F3NO5S.H2O4S/c20-19(21,22)28-14-7-3-12(4-8-14)15(24)10-27-13-5-1-11(2-6-13)9-16-17(25)23-18(26)29-16;1-5(2,3)4/h1-8,15-16,24H,9-10H2,(H,23,25,26);(H2,1,2,3,4)/t15-,16?;/m1./s1. The number of carbonyl (C=O) groups excluding carboxylic acids is 2. The number of carbonyl (C=O) groups is 2. The smallest absolute Gasteiger partial charge is 0.491 e. The summed E-state index contributed by atoms with van der Waals surface area (Å²) in [4.78, 5) is 22.8. The van der Waals surface area contributed by atoms with Gasteiger partial charge >= 0.3 is 16.8 Å². The number of alkyl halides is 3. The fourth-order valence-corrected chi connectivity index (χ4v) is 3.49. The van der Waals surface area contributed by atoms with Crippen LogP contribution in [0.25, 0.3) is 0 Å². The van der Waals surface area contributed by atoms with Gasteiger partial charge in [0.25, 0.3) is 5.24 Å². The largest absolute Gasteiger partial charge is 0.573 e. The Hall–Kier alpha value is -2.85. The van der Waals surface area contributed by atoms with Crippen molar-refractivity contribution in [2.75, 3.05) is 6.61 Å². The highest BCUT2D eigenvalue weighted by Crippen LogP contribution is 2.26. The lowest BCUT2D eigenvalue weighted by atomic mass is 10.1. The van der Waals surface area contributed by atoms with Gasteiger partial charge in [0.1, 0.15) is 24.2 Å². The van der Waals surface area contributed by atoms with Crippen LogP contribution in [0.3, 0.4) is 0 Å². The molecule has 1 aliphatic heterocycles. The van der Waals surface area contributed by atoms with Gasteiger partial charge in [-0.15, -0.1) is 13.2 Å². The summed E-state index contributed by atoms with van der Waals surface area (Å²) in [5.74, 6) is -0.208. The summed E-state index contributed by atoms with van der Waals surface area (Å²) in [5.41, 5.74) is 1.23. The molecule has 0 radical (unpaired) electrons. The molecule has 2 atom stereocenters. The summed E-state index contributed by atoms with van der Waals surface area (Å²) in [6, 6.07) is 11.7. The van der Waals surface area contributed by atoms with E-state index in [9.17, 15) is 27.9 Å². The van der Waals surface area contributed by atoms with E-state index in [0.29, 0.717) is 17.7 Å². The number of aliphatic hydroxyl groups excluding tert-OH is 1. The van der Waals surface area contributed by atoms with Crippen LogP contribution in [0.2, 0.25) is 0 Å². The number of thioether (sulfide) groups is 1. The Labute approximate surface area is 195 Å². The number of hydrogen-bond donors (Lipinski definition) is 4. The van der Waals surface area contributed by atoms with Crippen LogP contribution in [0.5, 0.6) is 11.5 Å². The monoisotopic (exact) mass is 525 g/mol. The second kappa shape index (κ2) is 11.5. The maximum absolute atomic E-state index is 12.2. The van der Waals surface area contributed by atoms with Crippen molar-refractivity contribution >= 4 is 33.3 Å². The second-order valence-electron chi connectivity index (χ2n) is 6.62. The van der Waals surface area contributed by atoms with Crippen LogP contribution >= 0.6 is 11.8 Å². The molecule has 3 rings (SSSR count). The minimum atomic E-state index is -4.77. The molecule has 1 unspecified atom stereocenters. The normalized spacial score (nSPS) is 16.8. The molecule has 0 saturated carbocycles. The SMILES string of the molecule is O=C1NC(=O)C(Cc2ccc(OC[C@@H](O)c3ccc(OC(F)(F)F)cc3)cc2)S1.O=S(=O)(O)O. The van der Waals surface area contributed by atoms with Crippen molar-refractivity contribution in [3.05, 3.63) is 59.7 Å². The Morgan fingerprint density at radius 1 is 1.00 bits per heavy atom. The van der Waals surface area contributed by atoms with E-state index in [4.69, 9.17) is 22.3 Å². The summed E-state index contributed by atoms with van der Waals surface area (Å²) in [7, 11) is -4.67. The first-order valence-corrected chi connectivity index (χ1v) is 11.4. The number of rotatable bonds is 7. The fraction of sp³-hybridized carbons (Fsp3) is 0.263. The Bertz CT molecular complexity index is 1080. The molecule has 4 N–H and O–H groups in total. The van der Waals surface area contributed by atoms with Crippen LogP contribution < -0.4 is 14.8 Å². The third-order valence-electron chi connectivity index (χ3n) is 4.02. The summed E-state index contributed by atoms with van der Waals surface area (Å²) in [6.07, 6.45) is -5.41. The number of benzene rings is 2. The fourth-order valence-electron chi connectivity index (χ4n) is 2.63. The minimum absolute atomic E-state index is 0.103. The summed E-state index contributed by atoms with van der Waals surface area (Å²) < 4.78 is 77.3. The van der Waals surface area contributed by atoms with Gasteiger partial charge in [-0.2, -0.15) is 8.42 Å². The van der Waals surface area contributed by atoms with Gasteiger partial charge in [0.15, 0.2) is 0 Å². The molecule has 2 aromatic rings. The molecule has 1 fully saturated rings. The number of hydrogen-bond acceptors (Lipinski definition) is 8. The summed E-state index contributed by atoms with van der Waals surface area (Å²) >= 11 is 0.953. The summed E-state index contributed by atoms with van der Waals surface area (Å²) in [6.45, 7) is -0.103. The van der Waals surface area contributed by atoms with Crippen LogP contribution in [0.15, 0.2) is 48.5 Å². The van der Waals surface area contributed by atoms with E-state index in [1.165, 1.54) is 12.1 Å². The maximum Gasteiger partial charge on any atom is 0.573 e. The van der Waals surface area contributed by atoms with E-state index < -0.39 is 28.1 Å². The molecular formula is C19H18F3NO9S2. The molecule has 2 amide bonds. The van der Waals surface area contributed by atoms with Gasteiger partial charge in [0.05, 0.1) is 5.25 Å². The van der Waals surface area contributed by atoms with Crippen molar-refractivity contribution in [2.45, 2.75) is 24.1 Å². The topological polar surface area (TPSA) is 159 Å². The van der Waals surface area contributed by atoms with Crippen molar-refractivity contribution in [1.82, 2.24) is 5.32 Å². The third kappa shape index (κ3) is 10.4. The van der Waals surface area contributed by atoms with E-state index in [1.54, 1.807) is 24.3 Å². The molecule has 15 heteroatoms. The molecule has 1 aliphatic rings. The first-order chi connectivity index (χ1) is 15.7. The first-order valence-electron chi connectivity index (χ1n) is 9.16. The minimum Gasteiger partial charge on any atom is -0.491 e.